The van der Waals surface area contributed by atoms with E-state index in [4.69, 9.17) is 4.74 Å². The van der Waals surface area contributed by atoms with Gasteiger partial charge in [-0.2, -0.15) is 0 Å². The van der Waals surface area contributed by atoms with Gasteiger partial charge in [0.1, 0.15) is 11.6 Å². The molecule has 0 radical (unpaired) electrons. The van der Waals surface area contributed by atoms with Crippen LogP contribution in [-0.2, 0) is 17.6 Å². The van der Waals surface area contributed by atoms with Crippen LogP contribution in [0.3, 0.4) is 0 Å². The van der Waals surface area contributed by atoms with Crippen molar-refractivity contribution in [3.8, 4) is 5.75 Å². The molecule has 0 aromatic heterocycles. The van der Waals surface area contributed by atoms with Gasteiger partial charge in [0, 0.05) is 19.5 Å². The maximum absolute atomic E-state index is 13.5. The van der Waals surface area contributed by atoms with Gasteiger partial charge in [-0.1, -0.05) is 30.3 Å². The Morgan fingerprint density at radius 2 is 1.88 bits per heavy atom. The molecule has 25 heavy (non-hydrogen) atoms. The number of halogens is 1. The molecule has 134 valence electrons. The van der Waals surface area contributed by atoms with Crippen LogP contribution in [0.5, 0.6) is 5.75 Å². The van der Waals surface area contributed by atoms with Gasteiger partial charge in [-0.25, -0.2) is 4.39 Å². The van der Waals surface area contributed by atoms with Crippen LogP contribution in [-0.4, -0.2) is 32.7 Å². The van der Waals surface area contributed by atoms with E-state index in [2.05, 4.69) is 16.7 Å². The van der Waals surface area contributed by atoms with Crippen LogP contribution in [0.4, 0.5) is 4.39 Å². The van der Waals surface area contributed by atoms with Gasteiger partial charge in [-0.15, -0.1) is 0 Å². The van der Waals surface area contributed by atoms with Crippen LogP contribution in [0, 0.1) is 5.82 Å². The Balaban J connectivity index is 1.55. The van der Waals surface area contributed by atoms with E-state index >= 15 is 0 Å². The molecule has 0 aliphatic carbocycles. The van der Waals surface area contributed by atoms with E-state index in [-0.39, 0.29) is 11.7 Å². The van der Waals surface area contributed by atoms with Crippen molar-refractivity contribution < 1.29 is 13.9 Å². The molecular weight excluding hydrogens is 319 g/mol. The average molecular weight is 344 g/mol. The number of hydrogen-bond donors (Lipinski definition) is 2. The highest BCUT2D eigenvalue weighted by atomic mass is 19.1. The first-order valence-electron chi connectivity index (χ1n) is 8.53. The fourth-order valence-electron chi connectivity index (χ4n) is 2.51. The van der Waals surface area contributed by atoms with Crippen molar-refractivity contribution in [2.24, 2.45) is 0 Å². The molecule has 2 aromatic rings. The molecule has 0 unspecified atom stereocenters. The van der Waals surface area contributed by atoms with Crippen molar-refractivity contribution in [2.45, 2.75) is 19.3 Å². The number of methoxy groups -OCH3 is 1. The molecule has 0 saturated carbocycles. The van der Waals surface area contributed by atoms with Crippen LogP contribution in [0.25, 0.3) is 0 Å². The minimum absolute atomic E-state index is 0.0229. The number of ether oxygens (including phenoxy) is 1. The van der Waals surface area contributed by atoms with Crippen molar-refractivity contribution in [3.05, 3.63) is 65.5 Å². The van der Waals surface area contributed by atoms with Crippen molar-refractivity contribution in [2.75, 3.05) is 26.7 Å². The number of rotatable bonds is 10. The van der Waals surface area contributed by atoms with Gasteiger partial charge >= 0.3 is 0 Å². The van der Waals surface area contributed by atoms with Crippen LogP contribution in [0.15, 0.2) is 48.5 Å². The molecular formula is C20H25FN2O2. The number of hydrogen-bond acceptors (Lipinski definition) is 3. The number of carbonyl (C=O) groups is 1. The smallest absolute Gasteiger partial charge is 0.221 e. The zero-order valence-corrected chi connectivity index (χ0v) is 14.6. The molecule has 0 aliphatic rings. The van der Waals surface area contributed by atoms with Crippen LogP contribution in [0.1, 0.15) is 17.5 Å². The third kappa shape index (κ3) is 6.93. The Hall–Kier alpha value is -2.40. The summed E-state index contributed by atoms with van der Waals surface area (Å²) in [4.78, 5) is 11.8. The minimum atomic E-state index is -0.226. The second-order valence-electron chi connectivity index (χ2n) is 5.79. The summed E-state index contributed by atoms with van der Waals surface area (Å²) in [6.07, 6.45) is 1.79. The lowest BCUT2D eigenvalue weighted by Gasteiger charge is -2.08. The van der Waals surface area contributed by atoms with Gasteiger partial charge in [0.05, 0.1) is 7.11 Å². The van der Waals surface area contributed by atoms with Gasteiger partial charge in [0.2, 0.25) is 5.91 Å². The van der Waals surface area contributed by atoms with Crippen molar-refractivity contribution in [1.82, 2.24) is 10.6 Å². The lowest BCUT2D eigenvalue weighted by molar-refractivity contribution is -0.120. The molecule has 0 fully saturated rings. The fourth-order valence-corrected chi connectivity index (χ4v) is 2.51. The van der Waals surface area contributed by atoms with Gasteiger partial charge in [-0.05, 0) is 48.7 Å². The van der Waals surface area contributed by atoms with Crippen molar-refractivity contribution in [3.63, 3.8) is 0 Å². The Labute approximate surface area is 148 Å². The summed E-state index contributed by atoms with van der Waals surface area (Å²) >= 11 is 0. The predicted octanol–water partition coefficient (Wildman–Crippen LogP) is 2.72. The third-order valence-electron chi connectivity index (χ3n) is 3.93. The number of benzene rings is 2. The van der Waals surface area contributed by atoms with E-state index in [1.165, 1.54) is 11.6 Å². The molecule has 0 aliphatic heterocycles. The van der Waals surface area contributed by atoms with Gasteiger partial charge in [-0.3, -0.25) is 4.79 Å². The molecule has 0 heterocycles. The average Bonchev–Trinajstić information content (AvgIpc) is 2.63. The molecule has 0 saturated heterocycles. The summed E-state index contributed by atoms with van der Waals surface area (Å²) in [6, 6.07) is 14.6. The lowest BCUT2D eigenvalue weighted by Crippen LogP contribution is -2.30. The Morgan fingerprint density at radius 1 is 1.04 bits per heavy atom. The van der Waals surface area contributed by atoms with Gasteiger partial charge in [0.25, 0.3) is 0 Å². The number of amides is 1. The van der Waals surface area contributed by atoms with E-state index in [0.29, 0.717) is 31.5 Å². The van der Waals surface area contributed by atoms with Crippen LogP contribution >= 0.6 is 0 Å². The standard InChI is InChI=1S/C20H25FN2O2/c1-25-18-7-4-5-16(15-18)9-12-22-13-11-20(24)23-14-10-17-6-2-3-8-19(17)21/h2-8,15,22H,9-14H2,1H3,(H,23,24). The summed E-state index contributed by atoms with van der Waals surface area (Å²) in [6.45, 7) is 1.87. The van der Waals surface area contributed by atoms with Gasteiger partial charge in [0.15, 0.2) is 0 Å². The Morgan fingerprint density at radius 3 is 2.68 bits per heavy atom. The van der Waals surface area contributed by atoms with Crippen LogP contribution < -0.4 is 15.4 Å². The second-order valence-corrected chi connectivity index (χ2v) is 5.79. The first kappa shape index (κ1) is 18.9. The fraction of sp³-hybridized carbons (Fsp3) is 0.350. The molecule has 2 aromatic carbocycles. The Kier molecular flexibility index (Phi) is 7.92. The van der Waals surface area contributed by atoms with E-state index in [9.17, 15) is 9.18 Å². The molecule has 1 amide bonds. The summed E-state index contributed by atoms with van der Waals surface area (Å²) in [5, 5.41) is 6.08. The Bertz CT molecular complexity index is 676. The zero-order chi connectivity index (χ0) is 17.9. The predicted molar refractivity (Wildman–Crippen MR) is 97.3 cm³/mol. The SMILES string of the molecule is COc1cccc(CCNCCC(=O)NCCc2ccccc2F)c1. The molecule has 0 bridgehead atoms. The maximum atomic E-state index is 13.5. The van der Waals surface area contributed by atoms with E-state index in [1.54, 1.807) is 25.3 Å². The van der Waals surface area contributed by atoms with Gasteiger partial charge < -0.3 is 15.4 Å². The third-order valence-corrected chi connectivity index (χ3v) is 3.93. The highest BCUT2D eigenvalue weighted by Gasteiger charge is 2.03. The summed E-state index contributed by atoms with van der Waals surface area (Å²) in [7, 11) is 1.65. The first-order chi connectivity index (χ1) is 12.2. The molecule has 5 heteroatoms. The largest absolute Gasteiger partial charge is 0.497 e. The maximum Gasteiger partial charge on any atom is 0.221 e. The van der Waals surface area contributed by atoms with Crippen molar-refractivity contribution in [1.29, 1.82) is 0 Å². The quantitative estimate of drug-likeness (QED) is 0.652. The first-order valence-corrected chi connectivity index (χ1v) is 8.53. The van der Waals surface area contributed by atoms with Crippen molar-refractivity contribution >= 4 is 5.91 Å². The number of nitrogens with one attached hydrogen (secondary N) is 2. The highest BCUT2D eigenvalue weighted by Crippen LogP contribution is 2.12. The highest BCUT2D eigenvalue weighted by molar-refractivity contribution is 5.76. The number of carbonyl (C=O) groups excluding carboxylic acids is 1. The monoisotopic (exact) mass is 344 g/mol. The summed E-state index contributed by atoms with van der Waals surface area (Å²) in [5.41, 5.74) is 1.82. The zero-order valence-electron chi connectivity index (χ0n) is 14.6. The normalized spacial score (nSPS) is 10.5. The molecule has 2 rings (SSSR count). The topological polar surface area (TPSA) is 50.4 Å². The molecule has 4 nitrogen and oxygen atoms in total. The van der Waals surface area contributed by atoms with E-state index in [0.717, 1.165) is 18.7 Å². The second kappa shape index (κ2) is 10.5. The minimum Gasteiger partial charge on any atom is -0.497 e. The summed E-state index contributed by atoms with van der Waals surface area (Å²) < 4.78 is 18.7. The molecule has 2 N–H and O–H groups in total. The summed E-state index contributed by atoms with van der Waals surface area (Å²) in [5.74, 6) is 0.605. The lowest BCUT2D eigenvalue weighted by atomic mass is 10.1. The van der Waals surface area contributed by atoms with E-state index < -0.39 is 0 Å². The molecule has 0 atom stereocenters. The van der Waals surface area contributed by atoms with E-state index in [1.807, 2.05) is 18.2 Å². The molecule has 0 spiro atoms. The van der Waals surface area contributed by atoms with Crippen LogP contribution in [0.2, 0.25) is 0 Å².